The molecule has 0 heterocycles. The van der Waals surface area contributed by atoms with Crippen LogP contribution in [0.15, 0.2) is 18.2 Å². The minimum atomic E-state index is -3.22. The van der Waals surface area contributed by atoms with Crippen molar-refractivity contribution in [3.63, 3.8) is 0 Å². The zero-order chi connectivity index (χ0) is 13.6. The van der Waals surface area contributed by atoms with Crippen molar-refractivity contribution < 1.29 is 12.8 Å². The molecule has 6 heteroatoms. The van der Waals surface area contributed by atoms with E-state index < -0.39 is 10.0 Å². The Hall–Kier alpha value is -0.980. The largest absolute Gasteiger partial charge is 0.319 e. The molecule has 1 aromatic rings. The van der Waals surface area contributed by atoms with E-state index >= 15 is 0 Å². The molecule has 0 radical (unpaired) electrons. The highest BCUT2D eigenvalue weighted by atomic mass is 32.2. The molecular formula is C12H19FN2O2S. The van der Waals surface area contributed by atoms with Crippen LogP contribution >= 0.6 is 0 Å². The number of nitrogens with one attached hydrogen (secondary N) is 2. The van der Waals surface area contributed by atoms with Crippen molar-refractivity contribution in [1.29, 1.82) is 0 Å². The molecule has 0 spiro atoms. The second-order valence-electron chi connectivity index (χ2n) is 4.14. The first kappa shape index (κ1) is 15.1. The first-order chi connectivity index (χ1) is 8.44. The first-order valence-corrected chi connectivity index (χ1v) is 7.47. The maximum absolute atomic E-state index is 12.9. The summed E-state index contributed by atoms with van der Waals surface area (Å²) in [7, 11) is -1.52. The molecule has 0 amide bonds. The Kier molecular flexibility index (Phi) is 5.71. The van der Waals surface area contributed by atoms with Gasteiger partial charge in [-0.15, -0.1) is 0 Å². The van der Waals surface area contributed by atoms with Gasteiger partial charge >= 0.3 is 0 Å². The Morgan fingerprint density at radius 3 is 2.61 bits per heavy atom. The molecule has 0 atom stereocenters. The minimum absolute atomic E-state index is 0.0614. The van der Waals surface area contributed by atoms with Crippen molar-refractivity contribution in [3.8, 4) is 0 Å². The van der Waals surface area contributed by atoms with E-state index in [1.165, 1.54) is 12.1 Å². The van der Waals surface area contributed by atoms with E-state index in [1.807, 2.05) is 6.92 Å². The summed E-state index contributed by atoms with van der Waals surface area (Å²) in [5, 5.41) is 2.79. The molecule has 0 saturated carbocycles. The van der Waals surface area contributed by atoms with E-state index in [2.05, 4.69) is 10.0 Å². The van der Waals surface area contributed by atoms with Crippen molar-refractivity contribution in [2.24, 2.45) is 0 Å². The first-order valence-electron chi connectivity index (χ1n) is 5.81. The maximum atomic E-state index is 12.9. The van der Waals surface area contributed by atoms with E-state index in [1.54, 1.807) is 13.1 Å². The molecule has 0 fully saturated rings. The number of aryl methyl sites for hydroxylation is 1. The molecule has 102 valence electrons. The zero-order valence-electron chi connectivity index (χ0n) is 10.7. The normalized spacial score (nSPS) is 11.7. The molecule has 0 bridgehead atoms. The lowest BCUT2D eigenvalue weighted by Gasteiger charge is -2.08. The van der Waals surface area contributed by atoms with Crippen LogP contribution in [0.4, 0.5) is 4.39 Å². The molecule has 1 rings (SSSR count). The number of hydrogen-bond acceptors (Lipinski definition) is 3. The molecule has 2 N–H and O–H groups in total. The van der Waals surface area contributed by atoms with E-state index in [0.29, 0.717) is 19.5 Å². The fourth-order valence-corrected chi connectivity index (χ4v) is 2.62. The van der Waals surface area contributed by atoms with E-state index in [4.69, 9.17) is 0 Å². The Labute approximate surface area is 108 Å². The number of rotatable bonds is 7. The summed E-state index contributed by atoms with van der Waals surface area (Å²) < 4.78 is 38.4. The third kappa shape index (κ3) is 5.12. The highest BCUT2D eigenvalue weighted by molar-refractivity contribution is 7.89. The summed E-state index contributed by atoms with van der Waals surface area (Å²) in [6.07, 6.45) is 0.560. The Morgan fingerprint density at radius 2 is 2.00 bits per heavy atom. The van der Waals surface area contributed by atoms with Crippen LogP contribution in [0.2, 0.25) is 0 Å². The van der Waals surface area contributed by atoms with Gasteiger partial charge in [0.05, 0.1) is 5.75 Å². The molecular weight excluding hydrogens is 255 g/mol. The molecule has 0 saturated heterocycles. The lowest BCUT2D eigenvalue weighted by atomic mass is 10.1. The average molecular weight is 274 g/mol. The Morgan fingerprint density at radius 1 is 1.28 bits per heavy atom. The van der Waals surface area contributed by atoms with Gasteiger partial charge in [-0.3, -0.25) is 0 Å². The quantitative estimate of drug-likeness (QED) is 0.774. The molecule has 0 aliphatic rings. The second-order valence-corrected chi connectivity index (χ2v) is 6.06. The van der Waals surface area contributed by atoms with Gasteiger partial charge < -0.3 is 5.32 Å². The highest BCUT2D eigenvalue weighted by Gasteiger charge is 2.08. The van der Waals surface area contributed by atoms with Gasteiger partial charge in [0.25, 0.3) is 0 Å². The van der Waals surface area contributed by atoms with Gasteiger partial charge in [0, 0.05) is 13.1 Å². The lowest BCUT2D eigenvalue weighted by molar-refractivity contribution is 0.579. The summed E-state index contributed by atoms with van der Waals surface area (Å²) in [6.45, 7) is 2.57. The summed E-state index contributed by atoms with van der Waals surface area (Å²) in [6, 6.07) is 4.52. The smallest absolute Gasteiger partial charge is 0.212 e. The SMILES string of the molecule is CNCCS(=O)(=O)NCCc1ccc(F)cc1C. The van der Waals surface area contributed by atoms with Gasteiger partial charge in [-0.05, 0) is 43.7 Å². The monoisotopic (exact) mass is 274 g/mol. The van der Waals surface area contributed by atoms with Gasteiger partial charge in [-0.25, -0.2) is 17.5 Å². The summed E-state index contributed by atoms with van der Waals surface area (Å²) in [5.41, 5.74) is 1.79. The van der Waals surface area contributed by atoms with Gasteiger partial charge in [0.15, 0.2) is 0 Å². The van der Waals surface area contributed by atoms with Gasteiger partial charge in [0.2, 0.25) is 10.0 Å². The number of hydrogen-bond donors (Lipinski definition) is 2. The summed E-state index contributed by atoms with van der Waals surface area (Å²) in [5.74, 6) is -0.211. The fourth-order valence-electron chi connectivity index (χ4n) is 1.59. The summed E-state index contributed by atoms with van der Waals surface area (Å²) >= 11 is 0. The van der Waals surface area contributed by atoms with Crippen molar-refractivity contribution in [2.75, 3.05) is 25.9 Å². The number of benzene rings is 1. The summed E-state index contributed by atoms with van der Waals surface area (Å²) in [4.78, 5) is 0. The molecule has 0 unspecified atom stereocenters. The van der Waals surface area contributed by atoms with Crippen LogP contribution in [0.1, 0.15) is 11.1 Å². The molecule has 18 heavy (non-hydrogen) atoms. The maximum Gasteiger partial charge on any atom is 0.212 e. The van der Waals surface area contributed by atoms with Crippen LogP contribution in [0.3, 0.4) is 0 Å². The molecule has 1 aromatic carbocycles. The molecule has 0 aromatic heterocycles. The molecule has 0 aliphatic carbocycles. The number of sulfonamides is 1. The predicted octanol–water partition coefficient (Wildman–Crippen LogP) is 0.815. The second kappa shape index (κ2) is 6.82. The van der Waals surface area contributed by atoms with Crippen LogP contribution in [-0.2, 0) is 16.4 Å². The van der Waals surface area contributed by atoms with Gasteiger partial charge in [-0.2, -0.15) is 0 Å². The Balaban J connectivity index is 2.46. The van der Waals surface area contributed by atoms with Crippen LogP contribution in [0, 0.1) is 12.7 Å². The van der Waals surface area contributed by atoms with Crippen molar-refractivity contribution in [2.45, 2.75) is 13.3 Å². The van der Waals surface area contributed by atoms with Gasteiger partial charge in [-0.1, -0.05) is 6.07 Å². The fraction of sp³-hybridized carbons (Fsp3) is 0.500. The standard InChI is InChI=1S/C12H19FN2O2S/c1-10-9-12(13)4-3-11(10)5-6-15-18(16,17)8-7-14-2/h3-4,9,14-15H,5-8H2,1-2H3. The minimum Gasteiger partial charge on any atom is -0.319 e. The number of halogens is 1. The van der Waals surface area contributed by atoms with Crippen LogP contribution in [-0.4, -0.2) is 34.3 Å². The van der Waals surface area contributed by atoms with Crippen LogP contribution in [0.5, 0.6) is 0 Å². The van der Waals surface area contributed by atoms with Crippen LogP contribution in [0.25, 0.3) is 0 Å². The van der Waals surface area contributed by atoms with E-state index in [9.17, 15) is 12.8 Å². The third-order valence-corrected chi connectivity index (χ3v) is 4.03. The lowest BCUT2D eigenvalue weighted by Crippen LogP contribution is -2.32. The van der Waals surface area contributed by atoms with Crippen LogP contribution < -0.4 is 10.0 Å². The van der Waals surface area contributed by atoms with Crippen molar-refractivity contribution in [1.82, 2.24) is 10.0 Å². The van der Waals surface area contributed by atoms with Crippen molar-refractivity contribution >= 4 is 10.0 Å². The van der Waals surface area contributed by atoms with Crippen molar-refractivity contribution in [3.05, 3.63) is 35.1 Å². The molecule has 4 nitrogen and oxygen atoms in total. The average Bonchev–Trinajstić information content (AvgIpc) is 2.29. The van der Waals surface area contributed by atoms with E-state index in [0.717, 1.165) is 11.1 Å². The van der Waals surface area contributed by atoms with E-state index in [-0.39, 0.29) is 11.6 Å². The third-order valence-electron chi connectivity index (χ3n) is 2.64. The highest BCUT2D eigenvalue weighted by Crippen LogP contribution is 2.10. The Bertz CT molecular complexity index is 489. The molecule has 0 aliphatic heterocycles. The topological polar surface area (TPSA) is 58.2 Å². The van der Waals surface area contributed by atoms with Gasteiger partial charge in [0.1, 0.15) is 5.82 Å². The zero-order valence-corrected chi connectivity index (χ0v) is 11.5. The predicted molar refractivity (Wildman–Crippen MR) is 70.6 cm³/mol.